The van der Waals surface area contributed by atoms with E-state index in [1.54, 1.807) is 25.6 Å². The molecule has 1 fully saturated rings. The molecule has 0 unspecified atom stereocenters. The van der Waals surface area contributed by atoms with Crippen molar-refractivity contribution in [2.45, 2.75) is 31.7 Å². The monoisotopic (exact) mass is 311 g/mol. The zero-order chi connectivity index (χ0) is 16.1. The van der Waals surface area contributed by atoms with Gasteiger partial charge in [-0.3, -0.25) is 9.78 Å². The first-order valence-electron chi connectivity index (χ1n) is 7.91. The summed E-state index contributed by atoms with van der Waals surface area (Å²) in [6.07, 6.45) is 8.23. The Labute approximate surface area is 136 Å². The summed E-state index contributed by atoms with van der Waals surface area (Å²) in [5.41, 5.74) is 2.13. The van der Waals surface area contributed by atoms with Crippen molar-refractivity contribution in [1.82, 2.24) is 4.98 Å². The van der Waals surface area contributed by atoms with Crippen LogP contribution in [0.2, 0.25) is 0 Å². The van der Waals surface area contributed by atoms with Crippen molar-refractivity contribution in [3.63, 3.8) is 0 Å². The van der Waals surface area contributed by atoms with Gasteiger partial charge < -0.3 is 15.4 Å². The molecule has 0 spiro atoms. The maximum absolute atomic E-state index is 12.4. The molecular formula is C18H21N3O2. The lowest BCUT2D eigenvalue weighted by molar-refractivity contribution is 0.102. The Kier molecular flexibility index (Phi) is 4.76. The number of carbonyl (C=O) groups is 1. The van der Waals surface area contributed by atoms with Crippen molar-refractivity contribution in [2.24, 2.45) is 0 Å². The molecule has 2 aromatic rings. The van der Waals surface area contributed by atoms with Crippen LogP contribution in [0.25, 0.3) is 0 Å². The Morgan fingerprint density at radius 3 is 2.78 bits per heavy atom. The average molecular weight is 311 g/mol. The topological polar surface area (TPSA) is 63.2 Å². The number of nitrogens with zero attached hydrogens (tertiary/aromatic N) is 1. The Balaban J connectivity index is 1.68. The molecule has 1 aromatic heterocycles. The van der Waals surface area contributed by atoms with Gasteiger partial charge in [-0.25, -0.2) is 0 Å². The maximum atomic E-state index is 12.4. The standard InChI is InChI=1S/C18H21N3O2/c1-23-17-8-4-7-15(10-17)21-18(22)13-9-16(12-19-11-13)20-14-5-2-3-6-14/h4,7-12,14,20H,2-3,5-6H2,1H3,(H,21,22). The van der Waals surface area contributed by atoms with Crippen molar-refractivity contribution in [1.29, 1.82) is 0 Å². The van der Waals surface area contributed by atoms with E-state index in [1.165, 1.54) is 25.7 Å². The summed E-state index contributed by atoms with van der Waals surface area (Å²) in [5.74, 6) is 0.526. The number of rotatable bonds is 5. The molecule has 0 atom stereocenters. The van der Waals surface area contributed by atoms with Crippen molar-refractivity contribution in [3.8, 4) is 5.75 Å². The van der Waals surface area contributed by atoms with Gasteiger partial charge in [0.15, 0.2) is 0 Å². The first kappa shape index (κ1) is 15.3. The summed E-state index contributed by atoms with van der Waals surface area (Å²) >= 11 is 0. The molecule has 0 saturated heterocycles. The molecule has 0 aliphatic heterocycles. The largest absolute Gasteiger partial charge is 0.497 e. The Bertz CT molecular complexity index is 681. The van der Waals surface area contributed by atoms with E-state index >= 15 is 0 Å². The molecule has 3 rings (SSSR count). The predicted octanol–water partition coefficient (Wildman–Crippen LogP) is 3.70. The smallest absolute Gasteiger partial charge is 0.257 e. The van der Waals surface area contributed by atoms with Crippen LogP contribution < -0.4 is 15.4 Å². The highest BCUT2D eigenvalue weighted by molar-refractivity contribution is 6.04. The van der Waals surface area contributed by atoms with Crippen LogP contribution in [0.15, 0.2) is 42.7 Å². The number of benzene rings is 1. The molecule has 2 N–H and O–H groups in total. The number of ether oxygens (including phenoxy) is 1. The number of carbonyl (C=O) groups excluding carboxylic acids is 1. The van der Waals surface area contributed by atoms with Gasteiger partial charge in [-0.15, -0.1) is 0 Å². The van der Waals surface area contributed by atoms with Crippen LogP contribution >= 0.6 is 0 Å². The summed E-state index contributed by atoms with van der Waals surface area (Å²) in [4.78, 5) is 16.6. The van der Waals surface area contributed by atoms with Gasteiger partial charge >= 0.3 is 0 Å². The van der Waals surface area contributed by atoms with Gasteiger partial charge in [0.1, 0.15) is 5.75 Å². The van der Waals surface area contributed by atoms with Gasteiger partial charge in [0, 0.05) is 30.2 Å². The second-order valence-electron chi connectivity index (χ2n) is 5.77. The lowest BCUT2D eigenvalue weighted by Gasteiger charge is -2.14. The van der Waals surface area contributed by atoms with Gasteiger partial charge in [0.05, 0.1) is 18.4 Å². The van der Waals surface area contributed by atoms with Crippen molar-refractivity contribution in [2.75, 3.05) is 17.7 Å². The third kappa shape index (κ3) is 4.00. The average Bonchev–Trinajstić information content (AvgIpc) is 3.08. The molecule has 0 bridgehead atoms. The third-order valence-corrected chi connectivity index (χ3v) is 4.05. The fourth-order valence-electron chi connectivity index (χ4n) is 2.85. The SMILES string of the molecule is COc1cccc(NC(=O)c2cncc(NC3CCCC3)c2)c1. The second-order valence-corrected chi connectivity index (χ2v) is 5.77. The number of aromatic nitrogens is 1. The summed E-state index contributed by atoms with van der Waals surface area (Å²) in [6, 6.07) is 9.63. The summed E-state index contributed by atoms with van der Waals surface area (Å²) in [7, 11) is 1.60. The molecule has 23 heavy (non-hydrogen) atoms. The van der Waals surface area contributed by atoms with Gasteiger partial charge in [-0.2, -0.15) is 0 Å². The van der Waals surface area contributed by atoms with E-state index in [9.17, 15) is 4.79 Å². The minimum Gasteiger partial charge on any atom is -0.497 e. The van der Waals surface area contributed by atoms with Crippen LogP contribution in [0.4, 0.5) is 11.4 Å². The highest BCUT2D eigenvalue weighted by Crippen LogP contribution is 2.23. The normalized spacial score (nSPS) is 14.5. The van der Waals surface area contributed by atoms with Crippen molar-refractivity contribution in [3.05, 3.63) is 48.3 Å². The first-order valence-corrected chi connectivity index (χ1v) is 7.91. The zero-order valence-corrected chi connectivity index (χ0v) is 13.2. The van der Waals surface area contributed by atoms with Crippen molar-refractivity contribution >= 4 is 17.3 Å². The van der Waals surface area contributed by atoms with Crippen LogP contribution in [0.3, 0.4) is 0 Å². The highest BCUT2D eigenvalue weighted by atomic mass is 16.5. The molecule has 1 amide bonds. The molecule has 1 saturated carbocycles. The van der Waals surface area contributed by atoms with Crippen LogP contribution in [0, 0.1) is 0 Å². The number of nitrogens with one attached hydrogen (secondary N) is 2. The highest BCUT2D eigenvalue weighted by Gasteiger charge is 2.15. The number of hydrogen-bond acceptors (Lipinski definition) is 4. The quantitative estimate of drug-likeness (QED) is 0.884. The molecule has 1 heterocycles. The summed E-state index contributed by atoms with van der Waals surface area (Å²) < 4.78 is 5.16. The lowest BCUT2D eigenvalue weighted by atomic mass is 10.2. The van der Waals surface area contributed by atoms with Crippen molar-refractivity contribution < 1.29 is 9.53 Å². The molecule has 5 nitrogen and oxygen atoms in total. The lowest BCUT2D eigenvalue weighted by Crippen LogP contribution is -2.16. The van der Waals surface area contributed by atoms with E-state index < -0.39 is 0 Å². The number of amides is 1. The summed E-state index contributed by atoms with van der Waals surface area (Å²) in [5, 5.41) is 6.32. The molecule has 0 radical (unpaired) electrons. The van der Waals surface area contributed by atoms with E-state index in [0.29, 0.717) is 23.0 Å². The van der Waals surface area contributed by atoms with E-state index in [4.69, 9.17) is 4.74 Å². The molecule has 120 valence electrons. The fourth-order valence-corrected chi connectivity index (χ4v) is 2.85. The van der Waals surface area contributed by atoms with E-state index in [0.717, 1.165) is 5.69 Å². The fraction of sp³-hybridized carbons (Fsp3) is 0.333. The van der Waals surface area contributed by atoms with Gasteiger partial charge in [0.25, 0.3) is 5.91 Å². The number of anilines is 2. The minimum absolute atomic E-state index is 0.180. The number of hydrogen-bond donors (Lipinski definition) is 2. The van der Waals surface area contributed by atoms with Crippen LogP contribution in [-0.4, -0.2) is 24.0 Å². The van der Waals surface area contributed by atoms with Crippen LogP contribution in [0.5, 0.6) is 5.75 Å². The maximum Gasteiger partial charge on any atom is 0.257 e. The summed E-state index contributed by atoms with van der Waals surface area (Å²) in [6.45, 7) is 0. The van der Waals surface area contributed by atoms with Gasteiger partial charge in [-0.05, 0) is 31.0 Å². The van der Waals surface area contributed by atoms with E-state index in [-0.39, 0.29) is 5.91 Å². The molecule has 5 heteroatoms. The number of pyridine rings is 1. The van der Waals surface area contributed by atoms with Crippen LogP contribution in [0.1, 0.15) is 36.0 Å². The van der Waals surface area contributed by atoms with Gasteiger partial charge in [-0.1, -0.05) is 18.9 Å². The molecule has 1 aliphatic rings. The van der Waals surface area contributed by atoms with E-state index in [1.807, 2.05) is 24.3 Å². The number of methoxy groups -OCH3 is 1. The van der Waals surface area contributed by atoms with E-state index in [2.05, 4.69) is 15.6 Å². The first-order chi connectivity index (χ1) is 11.2. The molecule has 1 aliphatic carbocycles. The predicted molar refractivity (Wildman–Crippen MR) is 91.1 cm³/mol. The van der Waals surface area contributed by atoms with Crippen LogP contribution in [-0.2, 0) is 0 Å². The minimum atomic E-state index is -0.180. The Morgan fingerprint density at radius 2 is 2.00 bits per heavy atom. The Morgan fingerprint density at radius 1 is 1.17 bits per heavy atom. The molecule has 1 aromatic carbocycles. The molecular weight excluding hydrogens is 290 g/mol. The third-order valence-electron chi connectivity index (χ3n) is 4.05. The zero-order valence-electron chi connectivity index (χ0n) is 13.2. The van der Waals surface area contributed by atoms with Gasteiger partial charge in [0.2, 0.25) is 0 Å². The second kappa shape index (κ2) is 7.13. The Hall–Kier alpha value is -2.56.